The highest BCUT2D eigenvalue weighted by molar-refractivity contribution is 5.81. The standard InChI is InChI=1S/C19H31N3O2/c1-14(19(24)22-16-10-6-3-7-11-16)21-13-18(23)17(20)12-15-8-4-2-5-9-15/h2,4-5,8-9,14,16-18,21,23H,3,6-7,10-13,20H2,1H3,(H,22,24)/t14?,17-,18+/m0/s1. The molecule has 3 atom stereocenters. The smallest absolute Gasteiger partial charge is 0.237 e. The van der Waals surface area contributed by atoms with Crippen molar-refractivity contribution in [3.05, 3.63) is 35.9 Å². The van der Waals surface area contributed by atoms with Crippen LogP contribution in [0.15, 0.2) is 30.3 Å². The fourth-order valence-corrected chi connectivity index (χ4v) is 3.14. The van der Waals surface area contributed by atoms with Gasteiger partial charge in [0.05, 0.1) is 12.1 Å². The summed E-state index contributed by atoms with van der Waals surface area (Å²) < 4.78 is 0. The average Bonchev–Trinajstić information content (AvgIpc) is 2.61. The molecule has 2 rings (SSSR count). The summed E-state index contributed by atoms with van der Waals surface area (Å²) in [5.74, 6) is 0.00531. The Morgan fingerprint density at radius 3 is 2.58 bits per heavy atom. The molecule has 5 nitrogen and oxygen atoms in total. The fraction of sp³-hybridized carbons (Fsp3) is 0.632. The van der Waals surface area contributed by atoms with Gasteiger partial charge < -0.3 is 21.5 Å². The molecule has 1 aliphatic carbocycles. The number of carbonyl (C=O) groups excluding carboxylic acids is 1. The third kappa shape index (κ3) is 6.23. The number of nitrogens with two attached hydrogens (primary N) is 1. The maximum atomic E-state index is 12.2. The molecule has 1 unspecified atom stereocenters. The molecule has 0 radical (unpaired) electrons. The third-order valence-electron chi connectivity index (χ3n) is 4.79. The van der Waals surface area contributed by atoms with E-state index in [1.807, 2.05) is 37.3 Å². The zero-order chi connectivity index (χ0) is 17.4. The maximum absolute atomic E-state index is 12.2. The van der Waals surface area contributed by atoms with Gasteiger partial charge in [0.1, 0.15) is 0 Å². The van der Waals surface area contributed by atoms with Gasteiger partial charge in [0.15, 0.2) is 0 Å². The van der Waals surface area contributed by atoms with Crippen molar-refractivity contribution in [2.24, 2.45) is 5.73 Å². The minimum Gasteiger partial charge on any atom is -0.390 e. The molecule has 0 spiro atoms. The van der Waals surface area contributed by atoms with Crippen molar-refractivity contribution in [2.75, 3.05) is 6.54 Å². The Balaban J connectivity index is 1.69. The molecule has 5 N–H and O–H groups in total. The van der Waals surface area contributed by atoms with E-state index in [0.29, 0.717) is 19.0 Å². The van der Waals surface area contributed by atoms with Crippen molar-refractivity contribution in [2.45, 2.75) is 69.7 Å². The number of aliphatic hydroxyl groups is 1. The zero-order valence-corrected chi connectivity index (χ0v) is 14.6. The van der Waals surface area contributed by atoms with Gasteiger partial charge >= 0.3 is 0 Å². The SMILES string of the molecule is CC(NC[C@@H](O)[C@@H](N)Cc1ccccc1)C(=O)NC1CCCCC1. The normalized spacial score (nSPS) is 19.5. The Hall–Kier alpha value is -1.43. The van der Waals surface area contributed by atoms with Crippen LogP contribution >= 0.6 is 0 Å². The molecule has 1 saturated carbocycles. The second-order valence-corrected chi connectivity index (χ2v) is 6.89. The number of hydrogen-bond acceptors (Lipinski definition) is 4. The van der Waals surface area contributed by atoms with Gasteiger partial charge in [-0.1, -0.05) is 49.6 Å². The molecular formula is C19H31N3O2. The first-order valence-electron chi connectivity index (χ1n) is 9.07. The molecule has 1 aromatic carbocycles. The van der Waals surface area contributed by atoms with Crippen molar-refractivity contribution < 1.29 is 9.90 Å². The molecular weight excluding hydrogens is 302 g/mol. The van der Waals surface area contributed by atoms with E-state index in [2.05, 4.69) is 10.6 Å². The van der Waals surface area contributed by atoms with Crippen LogP contribution in [0.1, 0.15) is 44.6 Å². The second kappa shape index (κ2) is 9.77. The zero-order valence-electron chi connectivity index (χ0n) is 14.6. The number of carbonyl (C=O) groups is 1. The van der Waals surface area contributed by atoms with Crippen LogP contribution in [0.2, 0.25) is 0 Å². The molecule has 1 aliphatic rings. The summed E-state index contributed by atoms with van der Waals surface area (Å²) in [5.41, 5.74) is 7.17. The predicted octanol–water partition coefficient (Wildman–Crippen LogP) is 1.34. The van der Waals surface area contributed by atoms with Crippen LogP contribution in [-0.2, 0) is 11.2 Å². The van der Waals surface area contributed by atoms with Gasteiger partial charge in [-0.05, 0) is 31.7 Å². The summed E-state index contributed by atoms with van der Waals surface area (Å²) in [6.07, 6.45) is 5.74. The summed E-state index contributed by atoms with van der Waals surface area (Å²) in [6.45, 7) is 2.14. The first-order chi connectivity index (χ1) is 11.6. The lowest BCUT2D eigenvalue weighted by molar-refractivity contribution is -0.123. The van der Waals surface area contributed by atoms with E-state index < -0.39 is 6.10 Å². The van der Waals surface area contributed by atoms with E-state index in [4.69, 9.17) is 5.73 Å². The molecule has 0 saturated heterocycles. The monoisotopic (exact) mass is 333 g/mol. The molecule has 0 bridgehead atoms. The molecule has 24 heavy (non-hydrogen) atoms. The lowest BCUT2D eigenvalue weighted by atomic mass is 9.95. The van der Waals surface area contributed by atoms with Gasteiger partial charge in [-0.25, -0.2) is 0 Å². The van der Waals surface area contributed by atoms with Crippen molar-refractivity contribution >= 4 is 5.91 Å². The van der Waals surface area contributed by atoms with E-state index in [9.17, 15) is 9.90 Å². The Bertz CT molecular complexity index is 489. The quantitative estimate of drug-likeness (QED) is 0.578. The average molecular weight is 333 g/mol. The van der Waals surface area contributed by atoms with E-state index in [1.54, 1.807) is 0 Å². The molecule has 1 aromatic rings. The summed E-state index contributed by atoms with van der Waals surface area (Å²) in [6, 6.07) is 9.51. The molecule has 134 valence electrons. The van der Waals surface area contributed by atoms with Crippen molar-refractivity contribution in [3.8, 4) is 0 Å². The van der Waals surface area contributed by atoms with Crippen LogP contribution in [0, 0.1) is 0 Å². The largest absolute Gasteiger partial charge is 0.390 e. The van der Waals surface area contributed by atoms with Gasteiger partial charge in [0, 0.05) is 18.6 Å². The number of nitrogens with one attached hydrogen (secondary N) is 2. The Morgan fingerprint density at radius 2 is 1.92 bits per heavy atom. The molecule has 1 fully saturated rings. The highest BCUT2D eigenvalue weighted by Crippen LogP contribution is 2.17. The van der Waals surface area contributed by atoms with Crippen molar-refractivity contribution in [1.82, 2.24) is 10.6 Å². The number of aliphatic hydroxyl groups excluding tert-OH is 1. The topological polar surface area (TPSA) is 87.4 Å². The van der Waals surface area contributed by atoms with Crippen molar-refractivity contribution in [3.63, 3.8) is 0 Å². The summed E-state index contributed by atoms with van der Waals surface area (Å²) in [5, 5.41) is 16.4. The Labute approximate surface area is 145 Å². The highest BCUT2D eigenvalue weighted by Gasteiger charge is 2.21. The van der Waals surface area contributed by atoms with Gasteiger partial charge in [-0.2, -0.15) is 0 Å². The van der Waals surface area contributed by atoms with Crippen LogP contribution in [0.25, 0.3) is 0 Å². The first kappa shape index (κ1) is 18.9. The second-order valence-electron chi connectivity index (χ2n) is 6.89. The Morgan fingerprint density at radius 1 is 1.25 bits per heavy atom. The minimum atomic E-state index is -0.685. The van der Waals surface area contributed by atoms with Crippen LogP contribution in [-0.4, -0.2) is 41.8 Å². The number of amides is 1. The molecule has 0 aliphatic heterocycles. The third-order valence-corrected chi connectivity index (χ3v) is 4.79. The summed E-state index contributed by atoms with van der Waals surface area (Å²) >= 11 is 0. The van der Waals surface area contributed by atoms with Crippen LogP contribution in [0.5, 0.6) is 0 Å². The summed E-state index contributed by atoms with van der Waals surface area (Å²) in [4.78, 5) is 12.2. The highest BCUT2D eigenvalue weighted by atomic mass is 16.3. The van der Waals surface area contributed by atoms with Gasteiger partial charge in [0.2, 0.25) is 5.91 Å². The van der Waals surface area contributed by atoms with Gasteiger partial charge in [0.25, 0.3) is 0 Å². The molecule has 0 aromatic heterocycles. The maximum Gasteiger partial charge on any atom is 0.237 e. The van der Waals surface area contributed by atoms with E-state index in [-0.39, 0.29) is 18.0 Å². The number of rotatable bonds is 8. The van der Waals surface area contributed by atoms with E-state index in [0.717, 1.165) is 18.4 Å². The minimum absolute atomic E-state index is 0.00531. The lowest BCUT2D eigenvalue weighted by Crippen LogP contribution is -2.51. The molecule has 5 heteroatoms. The van der Waals surface area contributed by atoms with Gasteiger partial charge in [-0.15, -0.1) is 0 Å². The van der Waals surface area contributed by atoms with Crippen molar-refractivity contribution in [1.29, 1.82) is 0 Å². The first-order valence-corrected chi connectivity index (χ1v) is 9.07. The van der Waals surface area contributed by atoms with Crippen LogP contribution in [0.4, 0.5) is 0 Å². The van der Waals surface area contributed by atoms with E-state index >= 15 is 0 Å². The number of hydrogen-bond donors (Lipinski definition) is 4. The predicted molar refractivity (Wildman–Crippen MR) is 96.6 cm³/mol. The summed E-state index contributed by atoms with van der Waals surface area (Å²) in [7, 11) is 0. The molecule has 1 amide bonds. The lowest BCUT2D eigenvalue weighted by Gasteiger charge is -2.26. The van der Waals surface area contributed by atoms with Crippen LogP contribution < -0.4 is 16.4 Å². The molecule has 0 heterocycles. The van der Waals surface area contributed by atoms with Crippen LogP contribution in [0.3, 0.4) is 0 Å². The number of benzene rings is 1. The fourth-order valence-electron chi connectivity index (χ4n) is 3.14. The Kier molecular flexibility index (Phi) is 7.69. The van der Waals surface area contributed by atoms with Gasteiger partial charge in [-0.3, -0.25) is 4.79 Å². The van der Waals surface area contributed by atoms with E-state index in [1.165, 1.54) is 19.3 Å².